The maximum absolute atomic E-state index is 12.2. The van der Waals surface area contributed by atoms with Gasteiger partial charge in [0.05, 0.1) is 15.1 Å². The molecule has 0 aliphatic heterocycles. The van der Waals surface area contributed by atoms with Crippen molar-refractivity contribution >= 4 is 50.7 Å². The number of aryl methyl sites for hydroxylation is 1. The first-order valence-electron chi connectivity index (χ1n) is 6.24. The van der Waals surface area contributed by atoms with Crippen molar-refractivity contribution in [2.24, 2.45) is 0 Å². The van der Waals surface area contributed by atoms with Crippen LogP contribution in [0.5, 0.6) is 0 Å². The molecule has 0 atom stereocenters. The number of rotatable bonds is 4. The summed E-state index contributed by atoms with van der Waals surface area (Å²) in [7, 11) is -4.10. The smallest absolute Gasteiger partial charge is 0.266 e. The van der Waals surface area contributed by atoms with Gasteiger partial charge in [-0.15, -0.1) is 4.83 Å². The lowest BCUT2D eigenvalue weighted by atomic mass is 10.1. The second-order valence-corrected chi connectivity index (χ2v) is 7.49. The SMILES string of the molecule is Cc1ccc(C(=O)NNS(=O)(=O)c2cc(Cl)c(Cl)cc2Cl)cc1. The molecule has 0 saturated heterocycles. The van der Waals surface area contributed by atoms with Crippen molar-refractivity contribution in [2.75, 3.05) is 0 Å². The maximum Gasteiger partial charge on any atom is 0.266 e. The quantitative estimate of drug-likeness (QED) is 0.616. The fraction of sp³-hybridized carbons (Fsp3) is 0.0714. The van der Waals surface area contributed by atoms with Crippen LogP contribution in [-0.4, -0.2) is 14.3 Å². The predicted molar refractivity (Wildman–Crippen MR) is 90.4 cm³/mol. The zero-order valence-corrected chi connectivity index (χ0v) is 14.8. The minimum atomic E-state index is -4.10. The summed E-state index contributed by atoms with van der Waals surface area (Å²) >= 11 is 17.4. The third-order valence-corrected chi connectivity index (χ3v) is 5.31. The number of halogens is 3. The van der Waals surface area contributed by atoms with E-state index in [-0.39, 0.29) is 20.0 Å². The van der Waals surface area contributed by atoms with Gasteiger partial charge in [-0.3, -0.25) is 10.2 Å². The van der Waals surface area contributed by atoms with Crippen molar-refractivity contribution in [3.05, 3.63) is 62.6 Å². The summed E-state index contributed by atoms with van der Waals surface area (Å²) in [4.78, 5) is 13.6. The fourth-order valence-electron chi connectivity index (χ4n) is 1.66. The molecule has 0 aromatic heterocycles. The lowest BCUT2D eigenvalue weighted by molar-refractivity contribution is 0.0945. The summed E-state index contributed by atoms with van der Waals surface area (Å²) in [5.41, 5.74) is 3.39. The lowest BCUT2D eigenvalue weighted by Gasteiger charge is -2.10. The van der Waals surface area contributed by atoms with Gasteiger partial charge in [0.15, 0.2) is 0 Å². The second-order valence-electron chi connectivity index (χ2n) is 4.62. The van der Waals surface area contributed by atoms with E-state index in [1.807, 2.05) is 11.8 Å². The second kappa shape index (κ2) is 7.07. The molecule has 23 heavy (non-hydrogen) atoms. The molecule has 122 valence electrons. The van der Waals surface area contributed by atoms with Crippen molar-refractivity contribution < 1.29 is 13.2 Å². The van der Waals surface area contributed by atoms with Gasteiger partial charge < -0.3 is 0 Å². The fourth-order valence-corrected chi connectivity index (χ4v) is 3.50. The summed E-state index contributed by atoms with van der Waals surface area (Å²) in [6.07, 6.45) is 0. The molecule has 0 unspecified atom stereocenters. The largest absolute Gasteiger partial charge is 0.273 e. The van der Waals surface area contributed by atoms with Crippen molar-refractivity contribution in [3.8, 4) is 0 Å². The average molecular weight is 394 g/mol. The van der Waals surface area contributed by atoms with E-state index < -0.39 is 15.9 Å². The summed E-state index contributed by atoms with van der Waals surface area (Å²) in [6.45, 7) is 1.87. The predicted octanol–water partition coefficient (Wildman–Crippen LogP) is 3.58. The van der Waals surface area contributed by atoms with Crippen LogP contribution in [0, 0.1) is 6.92 Å². The van der Waals surface area contributed by atoms with Gasteiger partial charge in [-0.05, 0) is 31.2 Å². The van der Waals surface area contributed by atoms with Crippen LogP contribution in [0.25, 0.3) is 0 Å². The Hall–Kier alpha value is -1.31. The molecule has 5 nitrogen and oxygen atoms in total. The van der Waals surface area contributed by atoms with Crippen molar-refractivity contribution in [1.82, 2.24) is 10.3 Å². The molecular weight excluding hydrogens is 383 g/mol. The highest BCUT2D eigenvalue weighted by atomic mass is 35.5. The highest BCUT2D eigenvalue weighted by Gasteiger charge is 2.21. The summed E-state index contributed by atoms with van der Waals surface area (Å²) in [5, 5.41) is 0.0390. The van der Waals surface area contributed by atoms with Crippen LogP contribution in [-0.2, 0) is 10.0 Å². The van der Waals surface area contributed by atoms with Crippen LogP contribution >= 0.6 is 34.8 Å². The van der Waals surface area contributed by atoms with E-state index in [0.717, 1.165) is 11.6 Å². The number of carbonyl (C=O) groups excluding carboxylic acids is 1. The maximum atomic E-state index is 12.2. The molecule has 0 saturated carbocycles. The van der Waals surface area contributed by atoms with Gasteiger partial charge >= 0.3 is 0 Å². The summed E-state index contributed by atoms with van der Waals surface area (Å²) in [6, 6.07) is 8.93. The Balaban J connectivity index is 2.17. The van der Waals surface area contributed by atoms with Crippen molar-refractivity contribution in [3.63, 3.8) is 0 Å². The van der Waals surface area contributed by atoms with E-state index in [2.05, 4.69) is 5.43 Å². The van der Waals surface area contributed by atoms with Gasteiger partial charge in [-0.2, -0.15) is 0 Å². The normalized spacial score (nSPS) is 11.3. The third kappa shape index (κ3) is 4.37. The Bertz CT molecular complexity index is 852. The van der Waals surface area contributed by atoms with E-state index >= 15 is 0 Å². The van der Waals surface area contributed by atoms with Crippen molar-refractivity contribution in [1.29, 1.82) is 0 Å². The molecule has 0 bridgehead atoms. The molecular formula is C14H11Cl3N2O3S. The van der Waals surface area contributed by atoms with Crippen LogP contribution in [0.15, 0.2) is 41.3 Å². The van der Waals surface area contributed by atoms with Gasteiger partial charge in [-0.25, -0.2) is 8.42 Å². The molecule has 0 aliphatic rings. The van der Waals surface area contributed by atoms with Gasteiger partial charge in [0.2, 0.25) is 0 Å². The van der Waals surface area contributed by atoms with E-state index in [0.29, 0.717) is 5.56 Å². The molecule has 0 heterocycles. The molecule has 1 amide bonds. The van der Waals surface area contributed by atoms with Crippen LogP contribution in [0.4, 0.5) is 0 Å². The topological polar surface area (TPSA) is 75.3 Å². The van der Waals surface area contributed by atoms with Gasteiger partial charge in [0, 0.05) is 5.56 Å². The summed E-state index contributed by atoms with van der Waals surface area (Å²) < 4.78 is 24.4. The third-order valence-electron chi connectivity index (χ3n) is 2.88. The highest BCUT2D eigenvalue weighted by Crippen LogP contribution is 2.31. The number of hydrogen-bond acceptors (Lipinski definition) is 3. The first-order valence-corrected chi connectivity index (χ1v) is 8.86. The number of amides is 1. The molecule has 2 rings (SSSR count). The molecule has 0 fully saturated rings. The molecule has 0 radical (unpaired) electrons. The average Bonchev–Trinajstić information content (AvgIpc) is 2.49. The Morgan fingerprint density at radius 3 is 2.13 bits per heavy atom. The van der Waals surface area contributed by atoms with Crippen LogP contribution in [0.3, 0.4) is 0 Å². The molecule has 0 spiro atoms. The zero-order chi connectivity index (χ0) is 17.2. The Morgan fingerprint density at radius 1 is 0.957 bits per heavy atom. The number of hydrazine groups is 1. The van der Waals surface area contributed by atoms with Crippen molar-refractivity contribution in [2.45, 2.75) is 11.8 Å². The van der Waals surface area contributed by atoms with Crippen LogP contribution in [0.2, 0.25) is 15.1 Å². The van der Waals surface area contributed by atoms with E-state index in [1.54, 1.807) is 24.3 Å². The first-order chi connectivity index (χ1) is 10.7. The number of benzene rings is 2. The minimum absolute atomic E-state index is 0.0290. The monoisotopic (exact) mass is 392 g/mol. The van der Waals surface area contributed by atoms with Crippen LogP contribution in [0.1, 0.15) is 15.9 Å². The number of sulfonamides is 1. The summed E-state index contributed by atoms with van der Waals surface area (Å²) in [5.74, 6) is -0.607. The molecule has 9 heteroatoms. The minimum Gasteiger partial charge on any atom is -0.273 e. The molecule has 0 aliphatic carbocycles. The van der Waals surface area contributed by atoms with Gasteiger partial charge in [0.25, 0.3) is 15.9 Å². The Kier molecular flexibility index (Phi) is 5.54. The Labute approximate surface area is 148 Å². The zero-order valence-electron chi connectivity index (χ0n) is 11.7. The van der Waals surface area contributed by atoms with Crippen LogP contribution < -0.4 is 10.3 Å². The van der Waals surface area contributed by atoms with Gasteiger partial charge in [-0.1, -0.05) is 52.5 Å². The highest BCUT2D eigenvalue weighted by molar-refractivity contribution is 7.89. The Morgan fingerprint density at radius 2 is 1.52 bits per heavy atom. The standard InChI is InChI=1S/C14H11Cl3N2O3S/c1-8-2-4-9(5-3-8)14(20)18-19-23(21,22)13-7-11(16)10(15)6-12(13)17/h2-7,19H,1H3,(H,18,20). The molecule has 2 aromatic carbocycles. The number of carbonyl (C=O) groups is 1. The van der Waals surface area contributed by atoms with Gasteiger partial charge in [0.1, 0.15) is 4.90 Å². The molecule has 2 N–H and O–H groups in total. The van der Waals surface area contributed by atoms with E-state index in [1.165, 1.54) is 6.07 Å². The number of nitrogens with one attached hydrogen (secondary N) is 2. The molecule has 2 aromatic rings. The van der Waals surface area contributed by atoms with E-state index in [9.17, 15) is 13.2 Å². The first kappa shape index (κ1) is 18.0. The van der Waals surface area contributed by atoms with E-state index in [4.69, 9.17) is 34.8 Å². The number of hydrogen-bond donors (Lipinski definition) is 2. The lowest BCUT2D eigenvalue weighted by Crippen LogP contribution is -2.41.